The molecule has 0 saturated heterocycles. The number of thiazole rings is 1. The molecule has 2 N–H and O–H groups in total. The third-order valence-corrected chi connectivity index (χ3v) is 3.38. The lowest BCUT2D eigenvalue weighted by molar-refractivity contribution is -0.599. The van der Waals surface area contributed by atoms with Crippen LogP contribution in [0.3, 0.4) is 0 Å². The predicted molar refractivity (Wildman–Crippen MR) is 62.9 cm³/mol. The van der Waals surface area contributed by atoms with Crippen LogP contribution in [0.5, 0.6) is 0 Å². The fraction of sp³-hybridized carbons (Fsp3) is 0.182. The Kier molecular flexibility index (Phi) is 2.81. The first kappa shape index (κ1) is 11.5. The Labute approximate surface area is 101 Å². The summed E-state index contributed by atoms with van der Waals surface area (Å²) < 4.78 is 1.61. The number of carboxylic acids is 1. The molecule has 5 nitrogen and oxygen atoms in total. The maximum absolute atomic E-state index is 11.2. The van der Waals surface area contributed by atoms with Crippen LogP contribution in [-0.4, -0.2) is 16.1 Å². The van der Waals surface area contributed by atoms with E-state index in [9.17, 15) is 9.59 Å². The number of carboxylic acid groups (broad SMARTS) is 1. The molecule has 0 aromatic carbocycles. The zero-order valence-electron chi connectivity index (χ0n) is 9.35. The normalized spacial score (nSPS) is 10.5. The molecule has 88 valence electrons. The first-order chi connectivity index (χ1) is 7.99. The second-order valence-corrected chi connectivity index (χ2v) is 4.70. The number of H-pyrrole nitrogens is 1. The molecule has 0 spiro atoms. The molecule has 2 rings (SSSR count). The van der Waals surface area contributed by atoms with Crippen molar-refractivity contribution in [1.82, 2.24) is 4.98 Å². The monoisotopic (exact) mass is 251 g/mol. The lowest BCUT2D eigenvalue weighted by Crippen LogP contribution is -2.33. The van der Waals surface area contributed by atoms with E-state index in [4.69, 9.17) is 5.11 Å². The zero-order valence-corrected chi connectivity index (χ0v) is 10.2. The van der Waals surface area contributed by atoms with Crippen LogP contribution in [0.1, 0.15) is 20.8 Å². The summed E-state index contributed by atoms with van der Waals surface area (Å²) in [7, 11) is 0. The summed E-state index contributed by atoms with van der Waals surface area (Å²) in [6, 6.07) is 1.87. The second-order valence-electron chi connectivity index (χ2n) is 3.72. The number of hydrogen-bond donors (Lipinski definition) is 2. The number of nitrogens with one attached hydrogen (secondary N) is 1. The number of carbonyl (C=O) groups is 1. The Morgan fingerprint density at radius 3 is 2.71 bits per heavy atom. The predicted octanol–water partition coefficient (Wildman–Crippen LogP) is 1.03. The lowest BCUT2D eigenvalue weighted by atomic mass is 10.2. The third-order valence-electron chi connectivity index (χ3n) is 2.52. The molecule has 0 aliphatic rings. The topological polar surface area (TPSA) is 74.0 Å². The summed E-state index contributed by atoms with van der Waals surface area (Å²) in [6.45, 7) is 3.89. The highest BCUT2D eigenvalue weighted by Crippen LogP contribution is 2.10. The fourth-order valence-electron chi connectivity index (χ4n) is 1.46. The van der Waals surface area contributed by atoms with Crippen LogP contribution < -0.4 is 9.44 Å². The van der Waals surface area contributed by atoms with E-state index in [-0.39, 0.29) is 9.75 Å². The molecule has 0 amide bonds. The number of hydrogen-bond acceptors (Lipinski definition) is 3. The smallest absolute Gasteiger partial charge is 0.390 e. The highest BCUT2D eigenvalue weighted by atomic mass is 32.1. The summed E-state index contributed by atoms with van der Waals surface area (Å²) in [5, 5.41) is 9.00. The van der Waals surface area contributed by atoms with Gasteiger partial charge in [-0.3, -0.25) is 0 Å². The molecule has 0 fully saturated rings. The number of pyridine rings is 1. The highest BCUT2D eigenvalue weighted by Gasteiger charge is 2.23. The summed E-state index contributed by atoms with van der Waals surface area (Å²) in [4.78, 5) is 24.4. The largest absolute Gasteiger partial charge is 0.477 e. The first-order valence-corrected chi connectivity index (χ1v) is 5.76. The fourth-order valence-corrected chi connectivity index (χ4v) is 2.14. The van der Waals surface area contributed by atoms with Crippen LogP contribution in [0.4, 0.5) is 0 Å². The average molecular weight is 251 g/mol. The molecule has 0 bridgehead atoms. The zero-order chi connectivity index (χ0) is 12.6. The summed E-state index contributed by atoms with van der Waals surface area (Å²) in [5.74, 6) is -0.801. The minimum atomic E-state index is -1.10. The van der Waals surface area contributed by atoms with Gasteiger partial charge in [-0.05, 0) is 42.4 Å². The maximum Gasteiger partial charge on any atom is 0.390 e. The van der Waals surface area contributed by atoms with Gasteiger partial charge in [-0.2, -0.15) is 4.98 Å². The van der Waals surface area contributed by atoms with E-state index in [2.05, 4.69) is 4.98 Å². The summed E-state index contributed by atoms with van der Waals surface area (Å²) in [5.41, 5.74) is 2.13. The Morgan fingerprint density at radius 1 is 1.41 bits per heavy atom. The third kappa shape index (κ3) is 2.12. The number of aromatic amines is 1. The Bertz CT molecular complexity index is 642. The summed E-state index contributed by atoms with van der Waals surface area (Å²) >= 11 is 0.696. The first-order valence-electron chi connectivity index (χ1n) is 4.94. The highest BCUT2D eigenvalue weighted by molar-refractivity contribution is 7.11. The van der Waals surface area contributed by atoms with Gasteiger partial charge in [0.2, 0.25) is 4.88 Å². The van der Waals surface area contributed by atoms with Crippen molar-refractivity contribution in [3.8, 4) is 5.82 Å². The van der Waals surface area contributed by atoms with E-state index in [1.54, 1.807) is 17.0 Å². The molecule has 17 heavy (non-hydrogen) atoms. The molecule has 6 heteroatoms. The second kappa shape index (κ2) is 4.14. The van der Waals surface area contributed by atoms with Gasteiger partial charge in [-0.15, -0.1) is 0 Å². The van der Waals surface area contributed by atoms with Crippen molar-refractivity contribution >= 4 is 17.3 Å². The molecule has 0 unspecified atom stereocenters. The minimum Gasteiger partial charge on any atom is -0.477 e. The minimum absolute atomic E-state index is 0.0169. The van der Waals surface area contributed by atoms with E-state index < -0.39 is 5.97 Å². The van der Waals surface area contributed by atoms with Crippen LogP contribution in [0, 0.1) is 13.8 Å². The molecule has 0 aliphatic heterocycles. The van der Waals surface area contributed by atoms with Crippen molar-refractivity contribution in [2.75, 3.05) is 0 Å². The Morgan fingerprint density at radius 2 is 2.12 bits per heavy atom. The number of aromatic nitrogens is 2. The van der Waals surface area contributed by atoms with Gasteiger partial charge >= 0.3 is 16.7 Å². The lowest BCUT2D eigenvalue weighted by Gasteiger charge is -2.00. The van der Waals surface area contributed by atoms with Crippen molar-refractivity contribution in [2.45, 2.75) is 13.8 Å². The van der Waals surface area contributed by atoms with Crippen LogP contribution in [0.25, 0.3) is 5.82 Å². The SMILES string of the molecule is Cc1cc[n+](-c2[nH]c(=O)sc2C(=O)O)cc1C. The van der Waals surface area contributed by atoms with Crippen molar-refractivity contribution in [3.05, 3.63) is 44.1 Å². The number of aryl methyl sites for hydroxylation is 2. The van der Waals surface area contributed by atoms with Gasteiger partial charge in [0.25, 0.3) is 0 Å². The molecule has 2 aromatic rings. The van der Waals surface area contributed by atoms with E-state index in [1.807, 2.05) is 19.9 Å². The van der Waals surface area contributed by atoms with Gasteiger partial charge in [0.15, 0.2) is 0 Å². The van der Waals surface area contributed by atoms with Gasteiger partial charge in [0.05, 0.1) is 12.4 Å². The van der Waals surface area contributed by atoms with Crippen LogP contribution in [0.15, 0.2) is 23.3 Å². The molecule has 2 heterocycles. The molecular weight excluding hydrogens is 240 g/mol. The maximum atomic E-state index is 11.2. The van der Waals surface area contributed by atoms with Gasteiger partial charge in [-0.1, -0.05) is 0 Å². The van der Waals surface area contributed by atoms with E-state index >= 15 is 0 Å². The molecule has 0 atom stereocenters. The van der Waals surface area contributed by atoms with E-state index in [0.717, 1.165) is 11.1 Å². The van der Waals surface area contributed by atoms with Gasteiger partial charge in [0.1, 0.15) is 0 Å². The molecule has 0 saturated carbocycles. The molecule has 0 radical (unpaired) electrons. The van der Waals surface area contributed by atoms with Crippen molar-refractivity contribution in [3.63, 3.8) is 0 Å². The van der Waals surface area contributed by atoms with E-state index in [0.29, 0.717) is 17.2 Å². The van der Waals surface area contributed by atoms with Crippen LogP contribution in [-0.2, 0) is 0 Å². The quantitative estimate of drug-likeness (QED) is 0.783. The number of nitrogens with zero attached hydrogens (tertiary/aromatic N) is 1. The standard InChI is InChI=1S/C11H10N2O3S/c1-6-3-4-13(5-7(6)2)9-8(10(14)15)17-11(16)12-9/h3-5H,1-2H3,(H-,12,14,15,16)/p+1. The van der Waals surface area contributed by atoms with Crippen molar-refractivity contribution in [2.24, 2.45) is 0 Å². The van der Waals surface area contributed by atoms with Gasteiger partial charge < -0.3 is 5.11 Å². The van der Waals surface area contributed by atoms with Crippen molar-refractivity contribution < 1.29 is 14.5 Å². The number of aromatic carboxylic acids is 1. The average Bonchev–Trinajstić information content (AvgIpc) is 2.64. The molecule has 0 aliphatic carbocycles. The van der Waals surface area contributed by atoms with Crippen LogP contribution >= 0.6 is 11.3 Å². The van der Waals surface area contributed by atoms with Crippen LogP contribution in [0.2, 0.25) is 0 Å². The molecular formula is C11H11N2O3S+. The van der Waals surface area contributed by atoms with Crippen molar-refractivity contribution in [1.29, 1.82) is 0 Å². The number of rotatable bonds is 2. The Balaban J connectivity index is 2.63. The summed E-state index contributed by atoms with van der Waals surface area (Å²) in [6.07, 6.45) is 3.52. The van der Waals surface area contributed by atoms with Gasteiger partial charge in [-0.25, -0.2) is 14.2 Å². The molecule has 2 aromatic heterocycles. The van der Waals surface area contributed by atoms with Gasteiger partial charge in [0, 0.05) is 0 Å². The Hall–Kier alpha value is -1.95. The van der Waals surface area contributed by atoms with E-state index in [1.165, 1.54) is 0 Å².